The molecular formula is C12H16N4OS. The molecule has 1 aliphatic heterocycles. The Kier molecular flexibility index (Phi) is 3.05. The van der Waals surface area contributed by atoms with Crippen molar-refractivity contribution in [3.8, 4) is 11.4 Å². The van der Waals surface area contributed by atoms with Crippen LogP contribution in [0.3, 0.4) is 0 Å². The molecule has 1 atom stereocenters. The zero-order valence-corrected chi connectivity index (χ0v) is 11.3. The average molecular weight is 264 g/mol. The normalized spacial score (nSPS) is 20.3. The van der Waals surface area contributed by atoms with Crippen molar-refractivity contribution in [3.05, 3.63) is 17.8 Å². The number of nitrogens with one attached hydrogen (secondary N) is 1. The Bertz CT molecular complexity index is 536. The van der Waals surface area contributed by atoms with Gasteiger partial charge in [-0.25, -0.2) is 0 Å². The number of ether oxygens (including phenoxy) is 1. The van der Waals surface area contributed by atoms with Crippen molar-refractivity contribution in [3.63, 3.8) is 0 Å². The van der Waals surface area contributed by atoms with E-state index >= 15 is 0 Å². The van der Waals surface area contributed by atoms with E-state index in [9.17, 15) is 0 Å². The molecule has 0 aromatic carbocycles. The van der Waals surface area contributed by atoms with Crippen LogP contribution >= 0.6 is 11.5 Å². The Morgan fingerprint density at radius 2 is 2.39 bits per heavy atom. The molecule has 1 fully saturated rings. The second-order valence-electron chi connectivity index (χ2n) is 4.59. The highest BCUT2D eigenvalue weighted by molar-refractivity contribution is 7.10. The number of nitrogens with zero attached hydrogens (tertiary/aromatic N) is 3. The predicted octanol–water partition coefficient (Wildman–Crippen LogP) is 2.07. The molecule has 1 N–H and O–H groups in total. The van der Waals surface area contributed by atoms with E-state index in [0.717, 1.165) is 36.8 Å². The third kappa shape index (κ3) is 2.13. The van der Waals surface area contributed by atoms with Crippen LogP contribution in [0.15, 0.2) is 12.1 Å². The Hall–Kier alpha value is -1.40. The molecule has 3 rings (SSSR count). The Balaban J connectivity index is 1.84. The summed E-state index contributed by atoms with van der Waals surface area (Å²) in [6.45, 7) is 6.66. The summed E-state index contributed by atoms with van der Waals surface area (Å²) in [6.07, 6.45) is 0. The summed E-state index contributed by atoms with van der Waals surface area (Å²) in [6, 6.07) is 4.55. The van der Waals surface area contributed by atoms with Crippen LogP contribution in [0.25, 0.3) is 11.4 Å². The fourth-order valence-electron chi connectivity index (χ4n) is 2.14. The van der Waals surface area contributed by atoms with Crippen LogP contribution in [0.4, 0.5) is 5.00 Å². The fourth-order valence-corrected chi connectivity index (χ4v) is 3.02. The summed E-state index contributed by atoms with van der Waals surface area (Å²) in [5.74, 6) is 0. The molecule has 6 heteroatoms. The first-order chi connectivity index (χ1) is 8.74. The van der Waals surface area contributed by atoms with Gasteiger partial charge in [-0.3, -0.25) is 5.10 Å². The molecule has 2 aromatic rings. The molecule has 3 heterocycles. The summed E-state index contributed by atoms with van der Waals surface area (Å²) >= 11 is 1.54. The molecule has 96 valence electrons. The lowest BCUT2D eigenvalue weighted by Crippen LogP contribution is -2.43. The zero-order chi connectivity index (χ0) is 12.5. The molecule has 0 spiro atoms. The van der Waals surface area contributed by atoms with Crippen LogP contribution in [0.2, 0.25) is 0 Å². The van der Waals surface area contributed by atoms with Crippen LogP contribution in [0, 0.1) is 6.92 Å². The Morgan fingerprint density at radius 3 is 3.11 bits per heavy atom. The number of aromatic nitrogens is 3. The standard InChI is InChI=1S/C12H16N4OS/c1-8-5-10(14-13-8)11-6-12(18-15-11)16-3-4-17-7-9(16)2/h5-6,9H,3-4,7H2,1-2H3,(H,13,14). The van der Waals surface area contributed by atoms with E-state index in [1.807, 2.05) is 13.0 Å². The SMILES string of the molecule is Cc1cc(-c2cc(N3CCOCC3C)sn2)[nH]n1. The van der Waals surface area contributed by atoms with E-state index in [2.05, 4.69) is 32.5 Å². The van der Waals surface area contributed by atoms with Gasteiger partial charge >= 0.3 is 0 Å². The summed E-state index contributed by atoms with van der Waals surface area (Å²) in [5.41, 5.74) is 2.93. The van der Waals surface area contributed by atoms with Crippen LogP contribution in [-0.4, -0.2) is 40.4 Å². The Labute approximate surface area is 110 Å². The van der Waals surface area contributed by atoms with Gasteiger partial charge in [0.05, 0.1) is 30.6 Å². The van der Waals surface area contributed by atoms with Gasteiger partial charge in [0.2, 0.25) is 0 Å². The first kappa shape index (κ1) is 11.7. The molecule has 0 bridgehead atoms. The third-order valence-electron chi connectivity index (χ3n) is 3.13. The molecule has 1 saturated heterocycles. The second-order valence-corrected chi connectivity index (χ2v) is 5.37. The molecular weight excluding hydrogens is 248 g/mol. The monoisotopic (exact) mass is 264 g/mol. The molecule has 2 aromatic heterocycles. The second kappa shape index (κ2) is 4.70. The van der Waals surface area contributed by atoms with Crippen molar-refractivity contribution >= 4 is 16.5 Å². The van der Waals surface area contributed by atoms with E-state index in [-0.39, 0.29) is 0 Å². The lowest BCUT2D eigenvalue weighted by atomic mass is 10.2. The van der Waals surface area contributed by atoms with Gasteiger partial charge in [0.25, 0.3) is 0 Å². The molecule has 0 saturated carbocycles. The molecule has 1 unspecified atom stereocenters. The Morgan fingerprint density at radius 1 is 1.50 bits per heavy atom. The van der Waals surface area contributed by atoms with E-state index < -0.39 is 0 Å². The minimum Gasteiger partial charge on any atom is -0.377 e. The summed E-state index contributed by atoms with van der Waals surface area (Å²) in [5, 5.41) is 8.34. The maximum Gasteiger partial charge on any atom is 0.113 e. The van der Waals surface area contributed by atoms with Gasteiger partial charge in [-0.05, 0) is 31.4 Å². The van der Waals surface area contributed by atoms with Gasteiger partial charge in [0, 0.05) is 12.6 Å². The van der Waals surface area contributed by atoms with Crippen LogP contribution in [0.1, 0.15) is 12.6 Å². The zero-order valence-electron chi connectivity index (χ0n) is 10.5. The van der Waals surface area contributed by atoms with Crippen LogP contribution in [-0.2, 0) is 4.74 Å². The van der Waals surface area contributed by atoms with Crippen molar-refractivity contribution in [1.82, 2.24) is 14.6 Å². The minimum atomic E-state index is 0.413. The lowest BCUT2D eigenvalue weighted by Gasteiger charge is -2.33. The van der Waals surface area contributed by atoms with Crippen LogP contribution in [0.5, 0.6) is 0 Å². The lowest BCUT2D eigenvalue weighted by molar-refractivity contribution is 0.0993. The molecule has 1 aliphatic rings. The van der Waals surface area contributed by atoms with Gasteiger partial charge in [0.15, 0.2) is 0 Å². The van der Waals surface area contributed by atoms with E-state index in [4.69, 9.17) is 4.74 Å². The molecule has 0 aliphatic carbocycles. The number of hydrogen-bond acceptors (Lipinski definition) is 5. The molecule has 18 heavy (non-hydrogen) atoms. The van der Waals surface area contributed by atoms with Gasteiger partial charge in [-0.2, -0.15) is 9.47 Å². The van der Waals surface area contributed by atoms with E-state index in [1.54, 1.807) is 0 Å². The highest BCUT2D eigenvalue weighted by atomic mass is 32.1. The maximum absolute atomic E-state index is 5.45. The molecule has 0 radical (unpaired) electrons. The fraction of sp³-hybridized carbons (Fsp3) is 0.500. The number of aryl methyl sites for hydroxylation is 1. The first-order valence-corrected chi connectivity index (χ1v) is 6.85. The summed E-state index contributed by atoms with van der Waals surface area (Å²) in [4.78, 5) is 2.36. The van der Waals surface area contributed by atoms with Crippen molar-refractivity contribution in [1.29, 1.82) is 0 Å². The molecule has 5 nitrogen and oxygen atoms in total. The number of morpholine rings is 1. The van der Waals surface area contributed by atoms with E-state index in [1.165, 1.54) is 16.5 Å². The summed E-state index contributed by atoms with van der Waals surface area (Å²) < 4.78 is 9.95. The smallest absolute Gasteiger partial charge is 0.113 e. The quantitative estimate of drug-likeness (QED) is 0.902. The van der Waals surface area contributed by atoms with Crippen molar-refractivity contribution in [2.24, 2.45) is 0 Å². The van der Waals surface area contributed by atoms with Gasteiger partial charge in [0.1, 0.15) is 10.7 Å². The van der Waals surface area contributed by atoms with Crippen molar-refractivity contribution in [2.45, 2.75) is 19.9 Å². The molecule has 0 amide bonds. The number of hydrogen-bond donors (Lipinski definition) is 1. The topological polar surface area (TPSA) is 54.0 Å². The number of rotatable bonds is 2. The largest absolute Gasteiger partial charge is 0.377 e. The van der Waals surface area contributed by atoms with E-state index in [0.29, 0.717) is 6.04 Å². The average Bonchev–Trinajstić information content (AvgIpc) is 2.98. The summed E-state index contributed by atoms with van der Waals surface area (Å²) in [7, 11) is 0. The predicted molar refractivity (Wildman–Crippen MR) is 72.1 cm³/mol. The highest BCUT2D eigenvalue weighted by Gasteiger charge is 2.21. The van der Waals surface area contributed by atoms with Crippen molar-refractivity contribution < 1.29 is 4.74 Å². The van der Waals surface area contributed by atoms with Gasteiger partial charge < -0.3 is 9.64 Å². The minimum absolute atomic E-state index is 0.413. The number of anilines is 1. The third-order valence-corrected chi connectivity index (χ3v) is 3.96. The van der Waals surface area contributed by atoms with Gasteiger partial charge in [-0.15, -0.1) is 0 Å². The number of H-pyrrole nitrogens is 1. The highest BCUT2D eigenvalue weighted by Crippen LogP contribution is 2.29. The first-order valence-electron chi connectivity index (χ1n) is 6.07. The van der Waals surface area contributed by atoms with Gasteiger partial charge in [-0.1, -0.05) is 0 Å². The van der Waals surface area contributed by atoms with Crippen molar-refractivity contribution in [2.75, 3.05) is 24.7 Å². The number of aromatic amines is 1. The maximum atomic E-state index is 5.45. The van der Waals surface area contributed by atoms with Crippen LogP contribution < -0.4 is 4.90 Å².